The quantitative estimate of drug-likeness (QED) is 0.355. The van der Waals surface area contributed by atoms with Gasteiger partial charge in [0, 0.05) is 44.1 Å². The topological polar surface area (TPSA) is 81.2 Å². The van der Waals surface area contributed by atoms with Crippen LogP contribution in [0.2, 0.25) is 0 Å². The predicted octanol–water partition coefficient (Wildman–Crippen LogP) is 4.03. The Kier molecular flexibility index (Phi) is 8.03. The van der Waals surface area contributed by atoms with Gasteiger partial charge in [0.05, 0.1) is 16.6 Å². The predicted molar refractivity (Wildman–Crippen MR) is 164 cm³/mol. The van der Waals surface area contributed by atoms with E-state index in [1.807, 2.05) is 76.5 Å². The van der Waals surface area contributed by atoms with Gasteiger partial charge in [-0.3, -0.25) is 14.4 Å². The number of benzene rings is 2. The van der Waals surface area contributed by atoms with E-state index < -0.39 is 27.4 Å². The minimum atomic E-state index is -0.842. The molecule has 0 radical (unpaired) electrons. The van der Waals surface area contributed by atoms with E-state index in [1.165, 1.54) is 0 Å². The highest BCUT2D eigenvalue weighted by Crippen LogP contribution is 2.65. The van der Waals surface area contributed by atoms with Crippen LogP contribution in [0.3, 0.4) is 0 Å². The number of fused-ring (bicyclic) bond motifs is 2. The van der Waals surface area contributed by atoms with Crippen molar-refractivity contribution in [3.63, 3.8) is 0 Å². The molecule has 0 saturated carbocycles. The molecule has 1 unspecified atom stereocenters. The van der Waals surface area contributed by atoms with Crippen molar-refractivity contribution in [1.29, 1.82) is 0 Å². The molecule has 5 atom stereocenters. The first-order valence-corrected chi connectivity index (χ1v) is 15.8. The molecule has 2 aromatic rings. The summed E-state index contributed by atoms with van der Waals surface area (Å²) >= 11 is 1.63. The molecule has 4 aliphatic rings. The van der Waals surface area contributed by atoms with Gasteiger partial charge in [0.25, 0.3) is 0 Å². The molecule has 7 nitrogen and oxygen atoms in total. The third-order valence-corrected chi connectivity index (χ3v) is 11.0. The Morgan fingerprint density at radius 3 is 1.98 bits per heavy atom. The van der Waals surface area contributed by atoms with Gasteiger partial charge in [-0.05, 0) is 37.3 Å². The molecule has 0 aliphatic carbocycles. The Morgan fingerprint density at radius 1 is 0.762 bits per heavy atom. The summed E-state index contributed by atoms with van der Waals surface area (Å²) in [4.78, 5) is 48.9. The zero-order valence-corrected chi connectivity index (χ0v) is 24.9. The molecule has 0 aromatic heterocycles. The molecule has 1 N–H and O–H groups in total. The van der Waals surface area contributed by atoms with Gasteiger partial charge in [0.1, 0.15) is 6.04 Å². The molecule has 4 aliphatic heterocycles. The lowest BCUT2D eigenvalue weighted by Gasteiger charge is -2.37. The van der Waals surface area contributed by atoms with E-state index in [2.05, 4.69) is 25.2 Å². The van der Waals surface area contributed by atoms with Crippen LogP contribution in [0.15, 0.2) is 85.0 Å². The van der Waals surface area contributed by atoms with Gasteiger partial charge in [-0.25, -0.2) is 0 Å². The van der Waals surface area contributed by atoms with E-state index >= 15 is 0 Å². The molecular formula is C34H39N3O4S. The van der Waals surface area contributed by atoms with Gasteiger partial charge < -0.3 is 19.8 Å². The monoisotopic (exact) mass is 585 g/mol. The van der Waals surface area contributed by atoms with Gasteiger partial charge in [0.15, 0.2) is 0 Å². The second kappa shape index (κ2) is 11.7. The lowest BCUT2D eigenvalue weighted by atomic mass is 9.74. The number of thioether (sulfide) groups is 1. The number of hydrogen-bond acceptors (Lipinski definition) is 5. The van der Waals surface area contributed by atoms with Crippen molar-refractivity contribution in [2.75, 3.05) is 26.2 Å². The molecule has 4 heterocycles. The van der Waals surface area contributed by atoms with Crippen LogP contribution in [0.25, 0.3) is 0 Å². The number of rotatable bonds is 9. The van der Waals surface area contributed by atoms with E-state index in [-0.39, 0.29) is 24.3 Å². The van der Waals surface area contributed by atoms with Crippen LogP contribution in [0, 0.1) is 11.8 Å². The number of hydrogen-bond donors (Lipinski definition) is 1. The minimum Gasteiger partial charge on any atom is -0.396 e. The van der Waals surface area contributed by atoms with E-state index in [0.29, 0.717) is 45.6 Å². The number of aliphatic hydroxyl groups excluding tert-OH is 1. The maximum Gasteiger partial charge on any atom is 0.247 e. The van der Waals surface area contributed by atoms with Crippen LogP contribution in [-0.2, 0) is 27.5 Å². The van der Waals surface area contributed by atoms with Crippen LogP contribution < -0.4 is 0 Å². The number of unbranched alkanes of at least 4 members (excludes halogenated alkanes) is 2. The fourth-order valence-corrected chi connectivity index (χ4v) is 9.48. The fraction of sp³-hybridized carbons (Fsp3) is 0.441. The maximum atomic E-state index is 14.5. The van der Waals surface area contributed by atoms with Crippen LogP contribution in [0.4, 0.5) is 0 Å². The third-order valence-electron chi connectivity index (χ3n) is 9.21. The lowest BCUT2D eigenvalue weighted by Crippen LogP contribution is -2.53. The average molecular weight is 586 g/mol. The summed E-state index contributed by atoms with van der Waals surface area (Å²) in [5.74, 6) is -1.41. The van der Waals surface area contributed by atoms with Gasteiger partial charge in [-0.1, -0.05) is 85.0 Å². The number of nitrogens with zero attached hydrogens (tertiary/aromatic N) is 3. The Labute approximate surface area is 252 Å². The van der Waals surface area contributed by atoms with Crippen LogP contribution in [0.5, 0.6) is 0 Å². The highest BCUT2D eigenvalue weighted by molar-refractivity contribution is 8.02. The van der Waals surface area contributed by atoms with E-state index in [0.717, 1.165) is 17.5 Å². The molecule has 8 heteroatoms. The lowest BCUT2D eigenvalue weighted by molar-refractivity contribution is -0.145. The van der Waals surface area contributed by atoms with Crippen molar-refractivity contribution in [2.45, 2.75) is 54.8 Å². The SMILES string of the molecule is C[C@@]12C=CCN(Cc3ccccc3)C(=O)[C@@H]1[C@H]1C(=O)N(CCCCCO)C3C(=O)N(Cc4ccccc4)CC=C[C@@]31S2. The summed E-state index contributed by atoms with van der Waals surface area (Å²) in [6.07, 6.45) is 10.4. The summed E-state index contributed by atoms with van der Waals surface area (Å²) < 4.78 is -1.46. The Balaban J connectivity index is 1.37. The molecule has 2 saturated heterocycles. The summed E-state index contributed by atoms with van der Waals surface area (Å²) in [5.41, 5.74) is 2.09. The zero-order valence-electron chi connectivity index (χ0n) is 24.1. The number of carbonyl (C=O) groups excluding carboxylic acids is 3. The standard InChI is InChI=1S/C34H39N3O4S/c1-33-17-11-19-35(23-25-13-5-2-6-14-25)30(39)27(33)28-31(40)37(21-9-4-10-22-38)29-32(41)36(20-12-18-34(28,29)42-33)24-26-15-7-3-8-16-26/h2-3,5-8,11-18,27-29,38H,4,9-10,19-24H2,1H3/t27-,28-,29?,33+,34-/m0/s1. The molecule has 0 bridgehead atoms. The highest BCUT2D eigenvalue weighted by atomic mass is 32.2. The van der Waals surface area contributed by atoms with Crippen molar-refractivity contribution < 1.29 is 19.5 Å². The van der Waals surface area contributed by atoms with E-state index in [4.69, 9.17) is 0 Å². The second-order valence-electron chi connectivity index (χ2n) is 12.0. The number of aliphatic hydroxyl groups is 1. The van der Waals surface area contributed by atoms with E-state index in [1.54, 1.807) is 16.7 Å². The number of carbonyl (C=O) groups is 3. The number of amides is 3. The van der Waals surface area contributed by atoms with Gasteiger partial charge in [-0.15, -0.1) is 11.8 Å². The smallest absolute Gasteiger partial charge is 0.247 e. The molecule has 1 spiro atoms. The summed E-state index contributed by atoms with van der Waals surface area (Å²) in [7, 11) is 0. The molecule has 42 heavy (non-hydrogen) atoms. The van der Waals surface area contributed by atoms with Gasteiger partial charge >= 0.3 is 0 Å². The Morgan fingerprint density at radius 2 is 1.36 bits per heavy atom. The zero-order chi connectivity index (χ0) is 29.3. The molecule has 6 rings (SSSR count). The summed E-state index contributed by atoms with van der Waals surface area (Å²) in [6.45, 7) is 4.48. The maximum absolute atomic E-state index is 14.5. The van der Waals surface area contributed by atoms with Crippen LogP contribution in [0.1, 0.15) is 37.3 Å². The van der Waals surface area contributed by atoms with Gasteiger partial charge in [-0.2, -0.15) is 0 Å². The van der Waals surface area contributed by atoms with Crippen molar-refractivity contribution in [2.24, 2.45) is 11.8 Å². The first-order chi connectivity index (χ1) is 20.4. The van der Waals surface area contributed by atoms with E-state index in [9.17, 15) is 19.5 Å². The van der Waals surface area contributed by atoms with Crippen molar-refractivity contribution in [1.82, 2.24) is 14.7 Å². The Bertz CT molecular complexity index is 1380. The molecule has 220 valence electrons. The largest absolute Gasteiger partial charge is 0.396 e. The van der Waals surface area contributed by atoms with Crippen molar-refractivity contribution >= 4 is 29.5 Å². The second-order valence-corrected chi connectivity index (χ2v) is 13.8. The summed E-state index contributed by atoms with van der Waals surface area (Å²) in [6, 6.07) is 19.2. The van der Waals surface area contributed by atoms with Gasteiger partial charge in [0.2, 0.25) is 17.7 Å². The molecular weight excluding hydrogens is 546 g/mol. The minimum absolute atomic E-state index is 0.0267. The molecule has 3 amide bonds. The number of likely N-dealkylation sites (tertiary alicyclic amines) is 1. The van der Waals surface area contributed by atoms with Crippen molar-refractivity contribution in [3.8, 4) is 0 Å². The van der Waals surface area contributed by atoms with Crippen LogP contribution in [-0.4, -0.2) is 79.3 Å². The highest BCUT2D eigenvalue weighted by Gasteiger charge is 2.73. The molecule has 2 aromatic carbocycles. The van der Waals surface area contributed by atoms with Crippen molar-refractivity contribution in [3.05, 3.63) is 96.1 Å². The first kappa shape index (κ1) is 28.7. The molecule has 2 fully saturated rings. The average Bonchev–Trinajstić information content (AvgIpc) is 3.27. The first-order valence-electron chi connectivity index (χ1n) is 15.0. The fourth-order valence-electron chi connectivity index (χ4n) is 7.32. The third kappa shape index (κ3) is 4.98. The summed E-state index contributed by atoms with van der Waals surface area (Å²) in [5, 5.41) is 9.32. The Hall–Kier alpha value is -3.36. The van der Waals surface area contributed by atoms with Crippen LogP contribution >= 0.6 is 11.8 Å². The normalized spacial score (nSPS) is 30.3.